The van der Waals surface area contributed by atoms with Crippen LogP contribution in [0.1, 0.15) is 24.5 Å². The number of hydrogen-bond acceptors (Lipinski definition) is 3. The number of nitrogens with two attached hydrogens (primary N) is 1. The number of nitrogens with one attached hydrogen (secondary N) is 1. The minimum Gasteiger partial charge on any atom is -0.294 e. The van der Waals surface area contributed by atoms with Crippen LogP contribution in [0.4, 0.5) is 0 Å². The van der Waals surface area contributed by atoms with E-state index in [0.29, 0.717) is 6.42 Å². The van der Waals surface area contributed by atoms with Gasteiger partial charge in [-0.2, -0.15) is 0 Å². The minimum atomic E-state index is -0.140. The molecular weight excluding hydrogens is 274 g/mol. The lowest BCUT2D eigenvalue weighted by Gasteiger charge is -2.29. The third kappa shape index (κ3) is 4.98. The molecule has 2 aromatic rings. The molecule has 3 N–H and O–H groups in total. The molecule has 0 aliphatic carbocycles. The Labute approximate surface area is 131 Å². The summed E-state index contributed by atoms with van der Waals surface area (Å²) in [4.78, 5) is 13.9. The van der Waals surface area contributed by atoms with Crippen molar-refractivity contribution < 1.29 is 4.79 Å². The van der Waals surface area contributed by atoms with Gasteiger partial charge in [-0.3, -0.25) is 15.1 Å². The van der Waals surface area contributed by atoms with Crippen LogP contribution >= 0.6 is 0 Å². The second-order valence-electron chi connectivity index (χ2n) is 5.50. The highest BCUT2D eigenvalue weighted by Crippen LogP contribution is 2.15. The van der Waals surface area contributed by atoms with Crippen LogP contribution in [-0.2, 0) is 17.9 Å². The monoisotopic (exact) mass is 297 g/mol. The SMILES string of the molecule is CC(CC(=O)NN)N(Cc1ccccc1)Cc1ccccc1. The number of rotatable bonds is 7. The van der Waals surface area contributed by atoms with Crippen molar-refractivity contribution in [2.45, 2.75) is 32.5 Å². The zero-order chi connectivity index (χ0) is 15.8. The Balaban J connectivity index is 2.10. The lowest BCUT2D eigenvalue weighted by molar-refractivity contribution is -0.122. The zero-order valence-electron chi connectivity index (χ0n) is 12.9. The summed E-state index contributed by atoms with van der Waals surface area (Å²) in [5, 5.41) is 0. The normalized spacial score (nSPS) is 12.1. The van der Waals surface area contributed by atoms with Crippen molar-refractivity contribution in [1.29, 1.82) is 0 Å². The van der Waals surface area contributed by atoms with E-state index in [0.717, 1.165) is 13.1 Å². The molecule has 0 spiro atoms. The average molecular weight is 297 g/mol. The molecule has 0 aromatic heterocycles. The van der Waals surface area contributed by atoms with Crippen LogP contribution in [0.25, 0.3) is 0 Å². The van der Waals surface area contributed by atoms with Gasteiger partial charge in [0, 0.05) is 25.6 Å². The summed E-state index contributed by atoms with van der Waals surface area (Å²) < 4.78 is 0. The van der Waals surface area contributed by atoms with E-state index >= 15 is 0 Å². The Bertz CT molecular complexity index is 530. The predicted molar refractivity (Wildman–Crippen MR) is 88.5 cm³/mol. The molecule has 0 saturated carbocycles. The fraction of sp³-hybridized carbons (Fsp3) is 0.278. The summed E-state index contributed by atoms with van der Waals surface area (Å²) in [6.07, 6.45) is 0.385. The first-order valence-corrected chi connectivity index (χ1v) is 7.50. The highest BCUT2D eigenvalue weighted by Gasteiger charge is 2.17. The molecule has 0 saturated heterocycles. The van der Waals surface area contributed by atoms with Gasteiger partial charge in [0.25, 0.3) is 0 Å². The number of hydrazine groups is 1. The van der Waals surface area contributed by atoms with Gasteiger partial charge >= 0.3 is 0 Å². The van der Waals surface area contributed by atoms with E-state index in [2.05, 4.69) is 41.5 Å². The molecule has 116 valence electrons. The number of amides is 1. The van der Waals surface area contributed by atoms with Crippen molar-refractivity contribution in [3.05, 3.63) is 71.8 Å². The van der Waals surface area contributed by atoms with Gasteiger partial charge in [-0.25, -0.2) is 5.84 Å². The van der Waals surface area contributed by atoms with Crippen LogP contribution < -0.4 is 11.3 Å². The van der Waals surface area contributed by atoms with E-state index in [4.69, 9.17) is 5.84 Å². The van der Waals surface area contributed by atoms with Crippen molar-refractivity contribution in [1.82, 2.24) is 10.3 Å². The molecule has 2 rings (SSSR count). The maximum Gasteiger partial charge on any atom is 0.235 e. The van der Waals surface area contributed by atoms with Gasteiger partial charge < -0.3 is 0 Å². The topological polar surface area (TPSA) is 58.4 Å². The quantitative estimate of drug-likeness (QED) is 0.469. The molecule has 4 heteroatoms. The maximum absolute atomic E-state index is 11.6. The third-order valence-corrected chi connectivity index (χ3v) is 3.72. The van der Waals surface area contributed by atoms with Gasteiger partial charge in [-0.05, 0) is 18.1 Å². The van der Waals surface area contributed by atoms with Crippen LogP contribution in [-0.4, -0.2) is 16.8 Å². The number of carbonyl (C=O) groups is 1. The average Bonchev–Trinajstić information content (AvgIpc) is 2.56. The largest absolute Gasteiger partial charge is 0.294 e. The Morgan fingerprint density at radius 2 is 1.45 bits per heavy atom. The van der Waals surface area contributed by atoms with E-state index in [1.54, 1.807) is 0 Å². The molecule has 1 unspecified atom stereocenters. The summed E-state index contributed by atoms with van der Waals surface area (Å²) in [5.74, 6) is 5.07. The van der Waals surface area contributed by atoms with Crippen molar-refractivity contribution in [2.75, 3.05) is 0 Å². The minimum absolute atomic E-state index is 0.101. The molecule has 1 atom stereocenters. The van der Waals surface area contributed by atoms with E-state index in [9.17, 15) is 4.79 Å². The Morgan fingerprint density at radius 3 is 1.86 bits per heavy atom. The van der Waals surface area contributed by atoms with Gasteiger partial charge in [0.1, 0.15) is 0 Å². The first-order chi connectivity index (χ1) is 10.7. The summed E-state index contributed by atoms with van der Waals surface area (Å²) >= 11 is 0. The molecule has 0 aliphatic rings. The smallest absolute Gasteiger partial charge is 0.235 e. The van der Waals surface area contributed by atoms with Crippen LogP contribution in [0.5, 0.6) is 0 Å². The Hall–Kier alpha value is -2.17. The molecule has 0 radical (unpaired) electrons. The van der Waals surface area contributed by atoms with Gasteiger partial charge in [0.15, 0.2) is 0 Å². The third-order valence-electron chi connectivity index (χ3n) is 3.72. The fourth-order valence-electron chi connectivity index (χ4n) is 2.46. The molecular formula is C18H23N3O. The zero-order valence-corrected chi connectivity index (χ0v) is 12.9. The van der Waals surface area contributed by atoms with E-state index in [-0.39, 0.29) is 11.9 Å². The van der Waals surface area contributed by atoms with Crippen molar-refractivity contribution >= 4 is 5.91 Å². The molecule has 0 fully saturated rings. The molecule has 0 heterocycles. The highest BCUT2D eigenvalue weighted by atomic mass is 16.2. The van der Waals surface area contributed by atoms with Crippen LogP contribution in [0.15, 0.2) is 60.7 Å². The van der Waals surface area contributed by atoms with Crippen molar-refractivity contribution in [3.8, 4) is 0 Å². The molecule has 22 heavy (non-hydrogen) atoms. The summed E-state index contributed by atoms with van der Waals surface area (Å²) in [5.41, 5.74) is 4.68. The van der Waals surface area contributed by atoms with E-state index < -0.39 is 0 Å². The van der Waals surface area contributed by atoms with Crippen LogP contribution in [0.2, 0.25) is 0 Å². The summed E-state index contributed by atoms with van der Waals surface area (Å²) in [6.45, 7) is 3.66. The Morgan fingerprint density at radius 1 is 1.00 bits per heavy atom. The molecule has 1 amide bonds. The number of carbonyl (C=O) groups excluding carboxylic acids is 1. The van der Waals surface area contributed by atoms with Gasteiger partial charge in [0.2, 0.25) is 5.91 Å². The first kappa shape index (κ1) is 16.2. The number of benzene rings is 2. The molecule has 0 bridgehead atoms. The first-order valence-electron chi connectivity index (χ1n) is 7.50. The maximum atomic E-state index is 11.6. The van der Waals surface area contributed by atoms with Crippen LogP contribution in [0.3, 0.4) is 0 Å². The highest BCUT2D eigenvalue weighted by molar-refractivity contribution is 5.75. The standard InChI is InChI=1S/C18H23N3O/c1-15(12-18(22)20-19)21(13-16-8-4-2-5-9-16)14-17-10-6-3-7-11-17/h2-11,15H,12-14,19H2,1H3,(H,20,22). The van der Waals surface area contributed by atoms with Gasteiger partial charge in [-0.1, -0.05) is 60.7 Å². The Kier molecular flexibility index (Phi) is 6.13. The van der Waals surface area contributed by atoms with Gasteiger partial charge in [-0.15, -0.1) is 0 Å². The summed E-state index contributed by atoms with van der Waals surface area (Å²) in [7, 11) is 0. The fourth-order valence-corrected chi connectivity index (χ4v) is 2.46. The second-order valence-corrected chi connectivity index (χ2v) is 5.50. The second kappa shape index (κ2) is 8.32. The number of hydrogen-bond donors (Lipinski definition) is 2. The predicted octanol–water partition coefficient (Wildman–Crippen LogP) is 2.46. The summed E-state index contributed by atoms with van der Waals surface area (Å²) in [6, 6.07) is 20.7. The molecule has 4 nitrogen and oxygen atoms in total. The van der Waals surface area contributed by atoms with Crippen molar-refractivity contribution in [3.63, 3.8) is 0 Å². The molecule has 2 aromatic carbocycles. The van der Waals surface area contributed by atoms with E-state index in [1.807, 2.05) is 36.4 Å². The lowest BCUT2D eigenvalue weighted by Crippen LogP contribution is -2.39. The lowest BCUT2D eigenvalue weighted by atomic mass is 10.1. The van der Waals surface area contributed by atoms with E-state index in [1.165, 1.54) is 11.1 Å². The molecule has 0 aliphatic heterocycles. The van der Waals surface area contributed by atoms with Gasteiger partial charge in [0.05, 0.1) is 0 Å². The van der Waals surface area contributed by atoms with Crippen LogP contribution in [0, 0.1) is 0 Å². The van der Waals surface area contributed by atoms with Crippen molar-refractivity contribution in [2.24, 2.45) is 5.84 Å². The number of nitrogens with zero attached hydrogens (tertiary/aromatic N) is 1.